The highest BCUT2D eigenvalue weighted by molar-refractivity contribution is 6.90. The molecule has 0 saturated carbocycles. The molecule has 2 aromatic heterocycles. The van der Waals surface area contributed by atoms with E-state index in [0.29, 0.717) is 50.7 Å². The highest BCUT2D eigenvalue weighted by Gasteiger charge is 2.54. The summed E-state index contributed by atoms with van der Waals surface area (Å²) >= 11 is 0. The predicted octanol–water partition coefficient (Wildman–Crippen LogP) is 10.6. The Labute approximate surface area is 371 Å². The Hall–Kier alpha value is -4.80. The smallest absolute Gasteiger partial charge is 0.410 e. The van der Waals surface area contributed by atoms with Gasteiger partial charge in [-0.25, -0.2) is 18.6 Å². The molecule has 5 atom stereocenters. The number of carbonyl (C=O) groups is 1. The standard InChI is InChI=1S/C50H62F2N6O4Si/c1-28(2)63(29(3)4,30(5)6)25-21-35-37(51)18-16-33-14-12-15-36(39(33)35)42-41(52)43-40-45(55-47(54-43)60-27-50-22-13-23-56(50)24-20-31(50)7)57-26-34-17-19-38(44(57)32(8)61-46(40)53-42)58(34)48(59)62-49(9,10)11/h12,14-16,18,28-30,32,34,38,44H,7,13,17,19-20,22-24,26-27H2,1-6,8-11H3/t32-,34+,38-,44+,50-/m0/s1. The van der Waals surface area contributed by atoms with Crippen LogP contribution in [0.1, 0.15) is 107 Å². The van der Waals surface area contributed by atoms with Gasteiger partial charge in [-0.2, -0.15) is 9.97 Å². The summed E-state index contributed by atoms with van der Waals surface area (Å²) in [6.07, 6.45) is 3.48. The molecular weight excluding hydrogens is 815 g/mol. The molecule has 1 amide bonds. The summed E-state index contributed by atoms with van der Waals surface area (Å²) in [5, 5.41) is 1.53. The monoisotopic (exact) mass is 876 g/mol. The number of ether oxygens (including phenoxy) is 3. The van der Waals surface area contributed by atoms with E-state index in [9.17, 15) is 4.79 Å². The van der Waals surface area contributed by atoms with Gasteiger partial charge >= 0.3 is 12.1 Å². The molecule has 4 aromatic rings. The fourth-order valence-electron chi connectivity index (χ4n) is 12.2. The van der Waals surface area contributed by atoms with Gasteiger partial charge in [0, 0.05) is 24.0 Å². The number of piperazine rings is 1. The quantitative estimate of drug-likeness (QED) is 0.102. The number of benzene rings is 2. The summed E-state index contributed by atoms with van der Waals surface area (Å²) in [7, 11) is -2.29. The molecule has 0 radical (unpaired) electrons. The third kappa shape index (κ3) is 6.96. The van der Waals surface area contributed by atoms with E-state index < -0.39 is 31.4 Å². The SMILES string of the molecule is C=C1CCN2CCC[C@]12COc1nc2c3c(nc(-c4cccc5ccc(F)c(C#C[Si](C(C)C)(C(C)C)C(C)C)c45)c(F)c3n1)O[C@@H](C)[C@@H]1[C@@H]3CC[C@H](CN21)N3C(=O)OC(C)(C)C. The lowest BCUT2D eigenvalue weighted by atomic mass is 9.91. The second-order valence-corrected chi connectivity index (χ2v) is 26.1. The van der Waals surface area contributed by atoms with E-state index in [0.717, 1.165) is 50.8 Å². The molecule has 2 bridgehead atoms. The summed E-state index contributed by atoms with van der Waals surface area (Å²) in [6.45, 7) is 28.0. The Morgan fingerprint density at radius 2 is 1.76 bits per heavy atom. The Morgan fingerprint density at radius 3 is 2.48 bits per heavy atom. The average Bonchev–Trinajstić information content (AvgIpc) is 3.85. The van der Waals surface area contributed by atoms with Crippen LogP contribution in [-0.4, -0.2) is 101 Å². The number of amides is 1. The van der Waals surface area contributed by atoms with Crippen LogP contribution in [0.5, 0.6) is 11.9 Å². The second-order valence-electron chi connectivity index (χ2n) is 20.5. The molecule has 0 aliphatic carbocycles. The number of pyridine rings is 1. The third-order valence-corrected chi connectivity index (χ3v) is 21.3. The van der Waals surface area contributed by atoms with E-state index in [2.05, 4.69) is 69.4 Å². The molecule has 334 valence electrons. The van der Waals surface area contributed by atoms with Gasteiger partial charge in [-0.1, -0.05) is 83.9 Å². The molecule has 0 unspecified atom stereocenters. The maximum absolute atomic E-state index is 18.0. The van der Waals surface area contributed by atoms with Crippen molar-refractivity contribution >= 4 is 41.7 Å². The van der Waals surface area contributed by atoms with E-state index in [1.807, 2.05) is 44.7 Å². The number of fused-ring (bicyclic) bond motifs is 7. The van der Waals surface area contributed by atoms with E-state index in [1.54, 1.807) is 12.1 Å². The van der Waals surface area contributed by atoms with Gasteiger partial charge in [-0.05, 0) is 94.4 Å². The molecule has 63 heavy (non-hydrogen) atoms. The van der Waals surface area contributed by atoms with Gasteiger partial charge in [0.1, 0.15) is 54.6 Å². The molecule has 4 saturated heterocycles. The Kier molecular flexibility index (Phi) is 10.8. The first-order valence-electron chi connectivity index (χ1n) is 23.0. The van der Waals surface area contributed by atoms with Crippen molar-refractivity contribution in [2.45, 2.75) is 153 Å². The second kappa shape index (κ2) is 15.7. The highest BCUT2D eigenvalue weighted by atomic mass is 28.3. The van der Waals surface area contributed by atoms with Crippen molar-refractivity contribution < 1.29 is 27.8 Å². The van der Waals surface area contributed by atoms with Crippen molar-refractivity contribution in [3.05, 3.63) is 59.7 Å². The number of nitrogens with zero attached hydrogens (tertiary/aromatic N) is 6. The lowest BCUT2D eigenvalue weighted by Crippen LogP contribution is -2.65. The predicted molar refractivity (Wildman–Crippen MR) is 247 cm³/mol. The molecular formula is C50H62F2N6O4Si. The third-order valence-electron chi connectivity index (χ3n) is 15.0. The lowest BCUT2D eigenvalue weighted by molar-refractivity contribution is 0.000935. The number of aromatic nitrogens is 3. The molecule has 10 nitrogen and oxygen atoms in total. The fraction of sp³-hybridized carbons (Fsp3) is 0.560. The summed E-state index contributed by atoms with van der Waals surface area (Å²) in [6, 6.07) is 7.89. The zero-order chi connectivity index (χ0) is 44.9. The number of rotatable bonds is 7. The van der Waals surface area contributed by atoms with E-state index in [-0.39, 0.29) is 65.0 Å². The van der Waals surface area contributed by atoms with Crippen LogP contribution < -0.4 is 14.4 Å². The molecule has 9 rings (SSSR count). The van der Waals surface area contributed by atoms with Gasteiger partial charge in [0.05, 0.1) is 29.2 Å². The fourth-order valence-corrected chi connectivity index (χ4v) is 17.4. The first-order chi connectivity index (χ1) is 29.9. The van der Waals surface area contributed by atoms with Gasteiger partial charge in [-0.3, -0.25) is 9.80 Å². The largest absolute Gasteiger partial charge is 0.472 e. The average molecular weight is 877 g/mol. The number of hydrogen-bond donors (Lipinski definition) is 0. The normalized spacial score (nSPS) is 24.5. The van der Waals surface area contributed by atoms with E-state index in [1.165, 1.54) is 6.07 Å². The van der Waals surface area contributed by atoms with Crippen molar-refractivity contribution in [1.82, 2.24) is 24.8 Å². The van der Waals surface area contributed by atoms with Crippen LogP contribution in [0.3, 0.4) is 0 Å². The Bertz CT molecular complexity index is 2560. The summed E-state index contributed by atoms with van der Waals surface area (Å²) < 4.78 is 53.7. The van der Waals surface area contributed by atoms with Crippen LogP contribution in [0.15, 0.2) is 42.5 Å². The van der Waals surface area contributed by atoms with E-state index >= 15 is 8.78 Å². The highest BCUT2D eigenvalue weighted by Crippen LogP contribution is 2.49. The maximum atomic E-state index is 18.0. The van der Waals surface area contributed by atoms with Crippen molar-refractivity contribution in [3.8, 4) is 34.6 Å². The van der Waals surface area contributed by atoms with Crippen LogP contribution in [0.25, 0.3) is 32.9 Å². The molecule has 13 heteroatoms. The molecule has 0 spiro atoms. The van der Waals surface area contributed by atoms with Crippen LogP contribution in [0.4, 0.5) is 19.4 Å². The van der Waals surface area contributed by atoms with Crippen molar-refractivity contribution in [3.63, 3.8) is 0 Å². The van der Waals surface area contributed by atoms with Crippen LogP contribution in [-0.2, 0) is 4.74 Å². The Balaban J connectivity index is 1.23. The van der Waals surface area contributed by atoms with Crippen LogP contribution in [0.2, 0.25) is 16.6 Å². The van der Waals surface area contributed by atoms with Gasteiger partial charge in [0.2, 0.25) is 5.88 Å². The lowest BCUT2D eigenvalue weighted by Gasteiger charge is -2.48. The number of hydrogen-bond acceptors (Lipinski definition) is 9. The van der Waals surface area contributed by atoms with Gasteiger partial charge in [0.15, 0.2) is 5.82 Å². The molecule has 5 aliphatic heterocycles. The first-order valence-corrected chi connectivity index (χ1v) is 25.3. The zero-order valence-electron chi connectivity index (χ0n) is 38.6. The van der Waals surface area contributed by atoms with Gasteiger partial charge in [0.25, 0.3) is 0 Å². The Morgan fingerprint density at radius 1 is 1.02 bits per heavy atom. The van der Waals surface area contributed by atoms with Gasteiger partial charge in [-0.15, -0.1) is 5.54 Å². The minimum absolute atomic E-state index is 0.00248. The van der Waals surface area contributed by atoms with Crippen LogP contribution in [0, 0.1) is 23.1 Å². The van der Waals surface area contributed by atoms with E-state index in [4.69, 9.17) is 29.2 Å². The molecule has 2 aromatic carbocycles. The maximum Gasteiger partial charge on any atom is 0.410 e. The summed E-state index contributed by atoms with van der Waals surface area (Å²) in [4.78, 5) is 35.3. The molecule has 0 N–H and O–H groups in total. The van der Waals surface area contributed by atoms with Crippen molar-refractivity contribution in [2.24, 2.45) is 0 Å². The molecule has 4 fully saturated rings. The summed E-state index contributed by atoms with van der Waals surface area (Å²) in [5.41, 5.74) is 5.42. The minimum Gasteiger partial charge on any atom is -0.472 e. The van der Waals surface area contributed by atoms with Crippen LogP contribution >= 0.6 is 0 Å². The number of halogens is 2. The number of anilines is 1. The van der Waals surface area contributed by atoms with Crippen molar-refractivity contribution in [1.29, 1.82) is 0 Å². The minimum atomic E-state index is -2.29. The molecule has 5 aliphatic rings. The summed E-state index contributed by atoms with van der Waals surface area (Å²) in [5.74, 6) is 2.84. The van der Waals surface area contributed by atoms with Crippen molar-refractivity contribution in [2.75, 3.05) is 31.1 Å². The van der Waals surface area contributed by atoms with Gasteiger partial charge < -0.3 is 19.1 Å². The molecule has 7 heterocycles. The first kappa shape index (κ1) is 43.4. The topological polar surface area (TPSA) is 93.2 Å². The zero-order valence-corrected chi connectivity index (χ0v) is 39.6. The number of carbonyl (C=O) groups excluding carboxylic acids is 1.